The number of aliphatic imine (C=N–C) groups is 1. The van der Waals surface area contributed by atoms with E-state index in [1.165, 1.54) is 82.0 Å². The molecular weight excluding hydrogens is 532 g/mol. The number of rotatable bonds is 4. The lowest BCUT2D eigenvalue weighted by Crippen LogP contribution is -2.45. The molecule has 2 fully saturated rings. The number of likely N-dealkylation sites (N-methyl/N-ethyl adjacent to an activating group) is 1. The molecule has 4 rings (SSSR count). The van der Waals surface area contributed by atoms with Gasteiger partial charge < -0.3 is 31.7 Å². The number of carboxylic acid groups (broad SMARTS) is 1. The van der Waals surface area contributed by atoms with Crippen molar-refractivity contribution in [1.82, 2.24) is 20.9 Å². The maximum atomic E-state index is 11.7. The van der Waals surface area contributed by atoms with E-state index in [-0.39, 0.29) is 23.8 Å². The zero-order valence-corrected chi connectivity index (χ0v) is 27.0. The van der Waals surface area contributed by atoms with E-state index in [1.54, 1.807) is 0 Å². The number of nitrogens with zero attached hydrogens (tertiary/aromatic N) is 2. The van der Waals surface area contributed by atoms with Crippen LogP contribution in [0.1, 0.15) is 97.1 Å². The number of amides is 3. The Hall–Kier alpha value is -3.14. The molecule has 1 aromatic carbocycles. The highest BCUT2D eigenvalue weighted by atomic mass is 16.4. The van der Waals surface area contributed by atoms with Gasteiger partial charge in [0.1, 0.15) is 6.04 Å². The minimum absolute atomic E-state index is 0.0536. The number of carbonyl (C=O) groups is 3. The Balaban J connectivity index is 0.000000568. The summed E-state index contributed by atoms with van der Waals surface area (Å²) in [5, 5.41) is 16.9. The summed E-state index contributed by atoms with van der Waals surface area (Å²) in [6, 6.07) is 7.40. The number of hydrogen-bond donors (Lipinski definition) is 5. The molecule has 1 aliphatic carbocycles. The second-order valence-corrected chi connectivity index (χ2v) is 11.3. The first-order chi connectivity index (χ1) is 20.1. The molecule has 42 heavy (non-hydrogen) atoms. The zero-order valence-electron chi connectivity index (χ0n) is 27.0. The van der Waals surface area contributed by atoms with Gasteiger partial charge in [0.15, 0.2) is 0 Å². The molecule has 1 aromatic rings. The van der Waals surface area contributed by atoms with E-state index in [0.29, 0.717) is 13.1 Å². The van der Waals surface area contributed by atoms with E-state index in [9.17, 15) is 14.4 Å². The van der Waals surface area contributed by atoms with Crippen LogP contribution in [-0.4, -0.2) is 73.5 Å². The summed E-state index contributed by atoms with van der Waals surface area (Å²) in [5.74, 6) is -0.560. The molecule has 240 valence electrons. The van der Waals surface area contributed by atoms with Crippen molar-refractivity contribution in [3.8, 4) is 0 Å². The van der Waals surface area contributed by atoms with Gasteiger partial charge in [-0.05, 0) is 48.9 Å². The predicted molar refractivity (Wildman–Crippen MR) is 173 cm³/mol. The maximum absolute atomic E-state index is 11.7. The van der Waals surface area contributed by atoms with Crippen molar-refractivity contribution in [1.29, 1.82) is 0 Å². The Morgan fingerprint density at radius 3 is 1.93 bits per heavy atom. The van der Waals surface area contributed by atoms with Crippen LogP contribution in [0, 0.1) is 5.41 Å². The summed E-state index contributed by atoms with van der Waals surface area (Å²) in [6.45, 7) is 13.2. The van der Waals surface area contributed by atoms with Gasteiger partial charge in [0.2, 0.25) is 11.8 Å². The second-order valence-electron chi connectivity index (χ2n) is 11.3. The molecule has 2 heterocycles. The first-order valence-corrected chi connectivity index (χ1v) is 15.6. The maximum Gasteiger partial charge on any atom is 0.407 e. The lowest BCUT2D eigenvalue weighted by molar-refractivity contribution is -0.128. The summed E-state index contributed by atoms with van der Waals surface area (Å²) in [4.78, 5) is 38.7. The number of carbonyl (C=O) groups excluding carboxylic acids is 2. The summed E-state index contributed by atoms with van der Waals surface area (Å²) in [6.07, 6.45) is 12.9. The van der Waals surface area contributed by atoms with Gasteiger partial charge in [0, 0.05) is 20.1 Å². The van der Waals surface area contributed by atoms with Crippen molar-refractivity contribution < 1.29 is 19.5 Å². The molecule has 1 saturated carbocycles. The molecule has 3 aliphatic rings. The van der Waals surface area contributed by atoms with Crippen LogP contribution in [0.15, 0.2) is 29.3 Å². The Morgan fingerprint density at radius 1 is 1.00 bits per heavy atom. The Labute approximate surface area is 254 Å². The van der Waals surface area contributed by atoms with Gasteiger partial charge in [-0.2, -0.15) is 0 Å². The van der Waals surface area contributed by atoms with Crippen LogP contribution in [0.5, 0.6) is 0 Å². The topological polar surface area (TPSA) is 149 Å². The van der Waals surface area contributed by atoms with Crippen molar-refractivity contribution in [3.63, 3.8) is 0 Å². The van der Waals surface area contributed by atoms with Crippen molar-refractivity contribution in [3.05, 3.63) is 35.4 Å². The highest BCUT2D eigenvalue weighted by molar-refractivity contribution is 5.88. The van der Waals surface area contributed by atoms with Gasteiger partial charge in [0.05, 0.1) is 12.9 Å². The largest absolute Gasteiger partial charge is 0.465 e. The fourth-order valence-corrected chi connectivity index (χ4v) is 4.47. The standard InChI is InChI=1S/C10H20N4O2.C10H11NO2.C6H12.C4H9N.C2H6/c1-10(2,3)8(14-6-11)9(16)13-5-7(15)12-4;12-10(13)11-6-5-8-3-1-2-4-9(8)7-11;1-2-4-6-5-3-1;1-2-4-5-3-1;1-2/h6,8H,5H2,1-4H3,(H2,11,14)(H,12,15)(H,13,16);1-4H,5-7H2,(H,12,13);1-6H2;5H,1-4H2;1-2H3. The third-order valence-electron chi connectivity index (χ3n) is 6.86. The molecule has 6 N–H and O–H groups in total. The van der Waals surface area contributed by atoms with E-state index in [0.717, 1.165) is 18.3 Å². The smallest absolute Gasteiger partial charge is 0.407 e. The fourth-order valence-electron chi connectivity index (χ4n) is 4.47. The van der Waals surface area contributed by atoms with Crippen LogP contribution in [-0.2, 0) is 22.6 Å². The van der Waals surface area contributed by atoms with Crippen molar-refractivity contribution in [2.24, 2.45) is 16.1 Å². The van der Waals surface area contributed by atoms with Gasteiger partial charge in [-0.15, -0.1) is 0 Å². The number of nitrogens with one attached hydrogen (secondary N) is 3. The summed E-state index contributed by atoms with van der Waals surface area (Å²) in [5.41, 5.74) is 7.26. The normalized spacial score (nSPS) is 16.3. The van der Waals surface area contributed by atoms with Crippen LogP contribution in [0.4, 0.5) is 4.79 Å². The number of hydrogen-bond acceptors (Lipinski definition) is 5. The number of nitrogens with two attached hydrogens (primary N) is 1. The Kier molecular flexibility index (Phi) is 21.7. The third kappa shape index (κ3) is 17.6. The van der Waals surface area contributed by atoms with E-state index >= 15 is 0 Å². The third-order valence-corrected chi connectivity index (χ3v) is 6.86. The first-order valence-electron chi connectivity index (χ1n) is 15.6. The quantitative estimate of drug-likeness (QED) is 0.253. The Bertz CT molecular complexity index is 889. The van der Waals surface area contributed by atoms with E-state index in [2.05, 4.69) is 27.0 Å². The molecule has 0 radical (unpaired) electrons. The molecule has 0 aromatic heterocycles. The van der Waals surface area contributed by atoms with Gasteiger partial charge in [0.25, 0.3) is 0 Å². The molecule has 1 atom stereocenters. The van der Waals surface area contributed by atoms with E-state index in [1.807, 2.05) is 52.8 Å². The van der Waals surface area contributed by atoms with Crippen molar-refractivity contribution in [2.45, 2.75) is 105 Å². The summed E-state index contributed by atoms with van der Waals surface area (Å²) in [7, 11) is 1.51. The first kappa shape index (κ1) is 38.9. The molecule has 10 heteroatoms. The molecule has 10 nitrogen and oxygen atoms in total. The minimum atomic E-state index is -0.825. The van der Waals surface area contributed by atoms with Gasteiger partial charge in [-0.3, -0.25) is 14.6 Å². The minimum Gasteiger partial charge on any atom is -0.465 e. The molecular formula is C32H58N6O4. The zero-order chi connectivity index (χ0) is 31.8. The van der Waals surface area contributed by atoms with E-state index in [4.69, 9.17) is 10.8 Å². The van der Waals surface area contributed by atoms with Crippen LogP contribution in [0.25, 0.3) is 0 Å². The lowest BCUT2D eigenvalue weighted by atomic mass is 9.86. The number of benzene rings is 1. The molecule has 1 unspecified atom stereocenters. The van der Waals surface area contributed by atoms with Gasteiger partial charge >= 0.3 is 6.09 Å². The molecule has 3 amide bonds. The monoisotopic (exact) mass is 590 g/mol. The average molecular weight is 591 g/mol. The highest BCUT2D eigenvalue weighted by Gasteiger charge is 2.30. The summed E-state index contributed by atoms with van der Waals surface area (Å²) < 4.78 is 0. The van der Waals surface area contributed by atoms with Gasteiger partial charge in [-0.25, -0.2) is 4.79 Å². The van der Waals surface area contributed by atoms with Crippen LogP contribution < -0.4 is 21.7 Å². The van der Waals surface area contributed by atoms with Gasteiger partial charge in [-0.1, -0.05) is 97.4 Å². The van der Waals surface area contributed by atoms with Crippen molar-refractivity contribution in [2.75, 3.05) is 33.2 Å². The molecule has 1 saturated heterocycles. The summed E-state index contributed by atoms with van der Waals surface area (Å²) >= 11 is 0. The Morgan fingerprint density at radius 2 is 1.52 bits per heavy atom. The van der Waals surface area contributed by atoms with E-state index < -0.39 is 12.1 Å². The SMILES string of the molecule is C1CCCCC1.C1CCNC1.CC.CNC(=O)CNC(=O)C(N=CN)C(C)(C)C.O=C(O)N1CCc2ccccc2C1. The number of fused-ring (bicyclic) bond motifs is 1. The predicted octanol–water partition coefficient (Wildman–Crippen LogP) is 4.71. The lowest BCUT2D eigenvalue weighted by Gasteiger charge is -2.26. The second kappa shape index (κ2) is 23.4. The highest BCUT2D eigenvalue weighted by Crippen LogP contribution is 2.22. The average Bonchev–Trinajstić information content (AvgIpc) is 3.61. The fraction of sp³-hybridized carbons (Fsp3) is 0.688. The van der Waals surface area contributed by atoms with Crippen LogP contribution in [0.3, 0.4) is 0 Å². The molecule has 2 aliphatic heterocycles. The molecule has 0 bridgehead atoms. The van der Waals surface area contributed by atoms with Crippen LogP contribution in [0.2, 0.25) is 0 Å². The van der Waals surface area contributed by atoms with Crippen LogP contribution >= 0.6 is 0 Å². The molecule has 0 spiro atoms. The van der Waals surface area contributed by atoms with Crippen molar-refractivity contribution >= 4 is 24.2 Å².